The van der Waals surface area contributed by atoms with Gasteiger partial charge in [-0.05, 0) is 133 Å². The number of thioether (sulfide) groups is 2. The van der Waals surface area contributed by atoms with Crippen molar-refractivity contribution in [1.29, 1.82) is 10.8 Å². The normalized spacial score (nSPS) is 14.7. The van der Waals surface area contributed by atoms with Crippen LogP contribution in [0.25, 0.3) is 0 Å². The number of aromatic nitrogens is 6. The van der Waals surface area contributed by atoms with E-state index in [4.69, 9.17) is 56.7 Å². The number of aliphatic carboxylic acids is 1. The van der Waals surface area contributed by atoms with Gasteiger partial charge in [-0.2, -0.15) is 23.5 Å². The second-order valence-corrected chi connectivity index (χ2v) is 34.7. The lowest BCUT2D eigenvalue weighted by Crippen LogP contribution is -2.62. The number of imidazole rings is 3. The number of carboxylic acid groups (broad SMARTS) is 1. The molecule has 0 bridgehead atoms. The zero-order valence-corrected chi connectivity index (χ0v) is 78.1. The number of aliphatic hydroxyl groups excluding tert-OH is 1. The first kappa shape index (κ1) is 116. The maximum atomic E-state index is 14.9. The third-order valence-corrected chi connectivity index (χ3v) is 21.5. The second-order valence-electron chi connectivity index (χ2n) is 32.7. The number of hydrogen-bond donors (Lipinski definition) is 31. The summed E-state index contributed by atoms with van der Waals surface area (Å²) in [5.41, 5.74) is 45.7. The zero-order chi connectivity index (χ0) is 101. The number of aromatic amines is 3. The molecule has 0 spiro atoms. The number of carbonyl (C=O) groups is 19. The van der Waals surface area contributed by atoms with Crippen molar-refractivity contribution in [3.8, 4) is 0 Å². The van der Waals surface area contributed by atoms with E-state index in [0.717, 1.165) is 6.92 Å². The smallest absolute Gasteiger partial charge is 0.326 e. The van der Waals surface area contributed by atoms with Crippen molar-refractivity contribution in [2.75, 3.05) is 43.7 Å². The van der Waals surface area contributed by atoms with E-state index in [1.165, 1.54) is 61.1 Å². The molecule has 0 saturated carbocycles. The van der Waals surface area contributed by atoms with Crippen LogP contribution in [0.1, 0.15) is 161 Å². The van der Waals surface area contributed by atoms with E-state index in [1.54, 1.807) is 40.2 Å². The van der Waals surface area contributed by atoms with Crippen LogP contribution in [0.15, 0.2) is 37.6 Å². The molecule has 55 heteroatoms. The number of guanidine groups is 2. The average Bonchev–Trinajstić information content (AvgIpc) is 1.79. The molecule has 0 fully saturated rings. The van der Waals surface area contributed by atoms with Crippen LogP contribution in [0.2, 0.25) is 0 Å². The summed E-state index contributed by atoms with van der Waals surface area (Å²) in [5.74, 6) is -21.8. The van der Waals surface area contributed by atoms with Gasteiger partial charge in [0.05, 0.1) is 61.1 Å². The van der Waals surface area contributed by atoms with E-state index >= 15 is 0 Å². The number of aliphatic hydroxyl groups is 1. The lowest BCUT2D eigenvalue weighted by atomic mass is 10.00. The van der Waals surface area contributed by atoms with Crippen molar-refractivity contribution < 1.29 is 101 Å². The molecular formula is C80H134N32O21S2. The van der Waals surface area contributed by atoms with Crippen molar-refractivity contribution in [3.05, 3.63) is 54.7 Å². The SMILES string of the molecule is CSCC[C@H](NC(=O)[C@H](CC(N)=O)NC(=O)[C@H](Cc1c[nH]cn1)NC(=O)[C@H](Cc1c[nH]cn1)NC(=O)[C@@H](N)CCCNC(=N)N)C(=O)N[C@@H](Cc1c[nH]cn1)C(=O)N[C@@H](CCC(N)=O)C(=O)N[C@@H](CCCNC(=N)N)C(=O)N[C@@H](CC(N)=O)C(=O)N[C@@H](CCSC)C(=O)N[C@H](C(=O)N[C@@H](CCCCN)C(=O)N[C@@H](CC(C)C)C(=O)N[C@@H](CCC(N)=O)C(=O)N[C@@H](CC(C)C)C(=O)O)[C@@H](C)O. The van der Waals surface area contributed by atoms with Gasteiger partial charge in [-0.3, -0.25) is 97.1 Å². The number of nitrogens with two attached hydrogens (primary N) is 8. The van der Waals surface area contributed by atoms with Crippen LogP contribution in [-0.2, 0) is 110 Å². The van der Waals surface area contributed by atoms with Crippen molar-refractivity contribution >= 4 is 148 Å². The number of rotatable bonds is 68. The Kier molecular flexibility index (Phi) is 52.8. The molecule has 0 aliphatic rings. The minimum Gasteiger partial charge on any atom is -0.480 e. The number of amides is 18. The Labute approximate surface area is 787 Å². The third-order valence-electron chi connectivity index (χ3n) is 20.3. The summed E-state index contributed by atoms with van der Waals surface area (Å²) in [7, 11) is 0. The predicted octanol–water partition coefficient (Wildman–Crippen LogP) is -10.0. The fraction of sp³-hybridized carbons (Fsp3) is 0.625. The van der Waals surface area contributed by atoms with Crippen LogP contribution in [0.4, 0.5) is 0 Å². The summed E-state index contributed by atoms with van der Waals surface area (Å²) in [4.78, 5) is 285. The average molecular weight is 1940 g/mol. The van der Waals surface area contributed by atoms with Crippen molar-refractivity contribution in [2.24, 2.45) is 57.7 Å². The molecule has 3 aromatic heterocycles. The van der Waals surface area contributed by atoms with Gasteiger partial charge in [0.1, 0.15) is 84.6 Å². The molecule has 3 rings (SSSR count). The number of H-pyrrole nitrogens is 3. The zero-order valence-electron chi connectivity index (χ0n) is 76.5. The van der Waals surface area contributed by atoms with Crippen molar-refractivity contribution in [3.63, 3.8) is 0 Å². The molecule has 39 N–H and O–H groups in total. The summed E-state index contributed by atoms with van der Waals surface area (Å²) >= 11 is 2.39. The first-order valence-electron chi connectivity index (χ1n) is 43.6. The van der Waals surface area contributed by atoms with Crippen LogP contribution < -0.4 is 131 Å². The minimum atomic E-state index is -2.00. The molecule has 0 saturated heterocycles. The number of nitrogens with one attached hydrogen (secondary N) is 21. The van der Waals surface area contributed by atoms with Gasteiger partial charge in [-0.15, -0.1) is 0 Å². The molecule has 16 atom stereocenters. The van der Waals surface area contributed by atoms with Crippen LogP contribution in [0.5, 0.6) is 0 Å². The van der Waals surface area contributed by atoms with Gasteiger partial charge < -0.3 is 156 Å². The van der Waals surface area contributed by atoms with E-state index in [0.29, 0.717) is 18.5 Å². The van der Waals surface area contributed by atoms with E-state index in [1.807, 2.05) is 0 Å². The molecule has 752 valence electrons. The Balaban J connectivity index is 2.01. The Morgan fingerprint density at radius 3 is 0.978 bits per heavy atom. The molecule has 135 heavy (non-hydrogen) atoms. The lowest BCUT2D eigenvalue weighted by molar-refractivity contribution is -0.143. The van der Waals surface area contributed by atoms with Gasteiger partial charge in [0.25, 0.3) is 0 Å². The Bertz CT molecular complexity index is 4420. The summed E-state index contributed by atoms with van der Waals surface area (Å²) in [6, 6.07) is -24.7. The number of primary amides is 4. The van der Waals surface area contributed by atoms with Crippen molar-refractivity contribution in [2.45, 2.75) is 260 Å². The van der Waals surface area contributed by atoms with E-state index in [9.17, 15) is 101 Å². The highest BCUT2D eigenvalue weighted by Crippen LogP contribution is 2.16. The Morgan fingerprint density at radius 1 is 0.363 bits per heavy atom. The molecule has 53 nitrogen and oxygen atoms in total. The largest absolute Gasteiger partial charge is 0.480 e. The first-order chi connectivity index (χ1) is 63.7. The Hall–Kier alpha value is -13.3. The van der Waals surface area contributed by atoms with Gasteiger partial charge in [0, 0.05) is 63.8 Å². The molecule has 0 aliphatic carbocycles. The highest BCUT2D eigenvalue weighted by atomic mass is 32.2. The van der Waals surface area contributed by atoms with Gasteiger partial charge in [-0.25, -0.2) is 19.7 Å². The number of hydrogen-bond acceptors (Lipinski definition) is 29. The number of nitrogens with zero attached hydrogens (tertiary/aromatic N) is 3. The maximum absolute atomic E-state index is 14.9. The van der Waals surface area contributed by atoms with Gasteiger partial charge in [-0.1, -0.05) is 27.7 Å². The van der Waals surface area contributed by atoms with Crippen LogP contribution in [0, 0.1) is 22.7 Å². The quantitative estimate of drug-likeness (QED) is 0.0142. The fourth-order valence-corrected chi connectivity index (χ4v) is 14.2. The lowest BCUT2D eigenvalue weighted by Gasteiger charge is -2.29. The third kappa shape index (κ3) is 45.8. The molecule has 18 amide bonds. The standard InChI is InChI=1S/C80H134N32O21S2/c1-39(2)26-52(71(125)100-49(16-18-60(84)115)68(122)111-58(78(132)133)27-40(3)4)106-65(119)46(13-8-9-21-81)104-77(131)63(41(5)113)112-70(124)51(20-25-135-7)103-75(129)56(31-61(85)116)109-66(120)47(14-11-23-95-80(89)90)99-67(121)48(15-17-59(83)114)101-72(126)54(29-43-34-92-37-97-43)107-69(123)50(19-24-134-6)102-76(130)57(32-62(86)117)110-74(128)55(30-44-35-93-38-98-44)108-73(127)53(28-42-33-91-36-96-42)105-64(118)45(82)12-10-22-94-79(87)88/h33-41,45-58,63,113H,8-32,81-82H2,1-7H3,(H2,83,114)(H2,84,115)(H2,85,116)(H2,86,117)(H,91,96)(H,92,97)(H,93,98)(H,99,121)(H,100,125)(H,101,126)(H,102,130)(H,103,129)(H,104,131)(H,105,118)(H,106,119)(H,107,123)(H,108,127)(H,109,120)(H,110,128)(H,111,122)(H,112,124)(H,132,133)(H4,87,88,94)(H4,89,90,95)/t41-,45+,46+,47+,48+,49+,50+,51+,52+,53+,54+,55+,56+,57+,58+,63+/m1/s1. The van der Waals surface area contributed by atoms with E-state index in [2.05, 4.69) is 115 Å². The van der Waals surface area contributed by atoms with Crippen molar-refractivity contribution in [1.82, 2.24) is 115 Å². The topological polar surface area (TPSA) is 899 Å². The highest BCUT2D eigenvalue weighted by Gasteiger charge is 2.41. The molecule has 3 heterocycles. The predicted molar refractivity (Wildman–Crippen MR) is 492 cm³/mol. The summed E-state index contributed by atoms with van der Waals surface area (Å²) in [6.45, 7) is 8.15. The summed E-state index contributed by atoms with van der Waals surface area (Å²) in [6.07, 6.45) is 4.20. The Morgan fingerprint density at radius 2 is 0.652 bits per heavy atom. The van der Waals surface area contributed by atoms with Crippen LogP contribution >= 0.6 is 23.5 Å². The summed E-state index contributed by atoms with van der Waals surface area (Å²) < 4.78 is 0. The molecule has 0 unspecified atom stereocenters. The second kappa shape index (κ2) is 61.5. The first-order valence-corrected chi connectivity index (χ1v) is 46.4. The van der Waals surface area contributed by atoms with E-state index < -0.39 is 260 Å². The van der Waals surface area contributed by atoms with E-state index in [-0.39, 0.29) is 131 Å². The number of unbranched alkanes of at least 4 members (excludes halogenated alkanes) is 1. The molecule has 3 aromatic rings. The summed E-state index contributed by atoms with van der Waals surface area (Å²) in [5, 5.41) is 75.9. The molecular weight excluding hydrogens is 1810 g/mol. The molecule has 0 aromatic carbocycles. The highest BCUT2D eigenvalue weighted by molar-refractivity contribution is 7.98. The maximum Gasteiger partial charge on any atom is 0.326 e. The van der Waals surface area contributed by atoms with Gasteiger partial charge in [0.15, 0.2) is 11.9 Å². The number of carbonyl (C=O) groups excluding carboxylic acids is 18. The van der Waals surface area contributed by atoms with Gasteiger partial charge in [0.2, 0.25) is 106 Å². The van der Waals surface area contributed by atoms with Crippen LogP contribution in [-0.4, -0.2) is 305 Å². The monoisotopic (exact) mass is 1940 g/mol. The van der Waals surface area contributed by atoms with Gasteiger partial charge >= 0.3 is 5.97 Å². The fourth-order valence-electron chi connectivity index (χ4n) is 13.2. The molecule has 0 aliphatic heterocycles. The van der Waals surface area contributed by atoms with Crippen LogP contribution in [0.3, 0.4) is 0 Å². The minimum absolute atomic E-state index is 0.00158. The molecule has 0 radical (unpaired) electrons. The number of carboxylic acids is 1.